The van der Waals surface area contributed by atoms with Gasteiger partial charge in [-0.3, -0.25) is 14.7 Å². The molecule has 136 valence electrons. The molecule has 2 aromatic rings. The summed E-state index contributed by atoms with van der Waals surface area (Å²) in [5.41, 5.74) is 2.35. The molecule has 0 aliphatic carbocycles. The quantitative estimate of drug-likeness (QED) is 0.919. The van der Waals surface area contributed by atoms with E-state index in [1.807, 2.05) is 24.3 Å². The van der Waals surface area contributed by atoms with Crippen LogP contribution in [0.25, 0.3) is 0 Å². The zero-order valence-electron chi connectivity index (χ0n) is 15.0. The SMILES string of the molecule is O=C(CC1(O)CCCN(Cc2ccccc2)C1)N1CCc2ccncc21. The Labute approximate surface area is 154 Å². The molecule has 1 aromatic carbocycles. The Bertz CT molecular complexity index is 780. The molecular formula is C21H25N3O2. The van der Waals surface area contributed by atoms with Gasteiger partial charge in [-0.1, -0.05) is 30.3 Å². The van der Waals surface area contributed by atoms with Crippen molar-refractivity contribution in [3.63, 3.8) is 0 Å². The van der Waals surface area contributed by atoms with Crippen LogP contribution in [0, 0.1) is 0 Å². The Balaban J connectivity index is 1.41. The van der Waals surface area contributed by atoms with Crippen molar-refractivity contribution < 1.29 is 9.90 Å². The van der Waals surface area contributed by atoms with E-state index < -0.39 is 5.60 Å². The molecule has 0 saturated carbocycles. The molecule has 1 fully saturated rings. The van der Waals surface area contributed by atoms with Crippen LogP contribution in [0.1, 0.15) is 30.4 Å². The molecule has 3 heterocycles. The predicted octanol–water partition coefficient (Wildman–Crippen LogP) is 2.39. The van der Waals surface area contributed by atoms with Crippen molar-refractivity contribution in [3.05, 3.63) is 59.9 Å². The van der Waals surface area contributed by atoms with E-state index >= 15 is 0 Å². The second kappa shape index (κ2) is 7.17. The van der Waals surface area contributed by atoms with Gasteiger partial charge in [-0.2, -0.15) is 0 Å². The van der Waals surface area contributed by atoms with Crippen molar-refractivity contribution in [2.24, 2.45) is 0 Å². The molecule has 1 saturated heterocycles. The number of anilines is 1. The number of hydrogen-bond acceptors (Lipinski definition) is 4. The van der Waals surface area contributed by atoms with Crippen LogP contribution in [0.4, 0.5) is 5.69 Å². The molecule has 26 heavy (non-hydrogen) atoms. The van der Waals surface area contributed by atoms with Gasteiger partial charge in [0.15, 0.2) is 0 Å². The molecule has 0 spiro atoms. The molecule has 4 rings (SSSR count). The van der Waals surface area contributed by atoms with Gasteiger partial charge in [0.25, 0.3) is 0 Å². The highest BCUT2D eigenvalue weighted by Gasteiger charge is 2.37. The number of carbonyl (C=O) groups excluding carboxylic acids is 1. The van der Waals surface area contributed by atoms with Crippen LogP contribution in [0.3, 0.4) is 0 Å². The first-order chi connectivity index (χ1) is 12.6. The van der Waals surface area contributed by atoms with Crippen molar-refractivity contribution in [2.75, 3.05) is 24.5 Å². The van der Waals surface area contributed by atoms with Crippen LogP contribution in [-0.4, -0.2) is 46.1 Å². The molecule has 1 atom stereocenters. The summed E-state index contributed by atoms with van der Waals surface area (Å²) < 4.78 is 0. The monoisotopic (exact) mass is 351 g/mol. The minimum atomic E-state index is -0.949. The van der Waals surface area contributed by atoms with E-state index in [1.54, 1.807) is 17.3 Å². The lowest BCUT2D eigenvalue weighted by Crippen LogP contribution is -2.50. The highest BCUT2D eigenvalue weighted by atomic mass is 16.3. The van der Waals surface area contributed by atoms with Gasteiger partial charge in [0.1, 0.15) is 0 Å². The fraction of sp³-hybridized carbons (Fsp3) is 0.429. The maximum Gasteiger partial charge on any atom is 0.229 e. The Hall–Kier alpha value is -2.24. The molecule has 5 heteroatoms. The number of likely N-dealkylation sites (tertiary alicyclic amines) is 1. The molecule has 1 aromatic heterocycles. The Morgan fingerprint density at radius 2 is 2.04 bits per heavy atom. The van der Waals surface area contributed by atoms with E-state index in [-0.39, 0.29) is 12.3 Å². The molecule has 2 aliphatic rings. The van der Waals surface area contributed by atoms with Gasteiger partial charge >= 0.3 is 0 Å². The minimum absolute atomic E-state index is 0.000751. The van der Waals surface area contributed by atoms with Gasteiger partial charge in [0.2, 0.25) is 5.91 Å². The topological polar surface area (TPSA) is 56.7 Å². The smallest absolute Gasteiger partial charge is 0.229 e. The molecule has 1 N–H and O–H groups in total. The van der Waals surface area contributed by atoms with Crippen LogP contribution in [0.15, 0.2) is 48.8 Å². The van der Waals surface area contributed by atoms with Gasteiger partial charge in [-0.25, -0.2) is 0 Å². The molecule has 1 amide bonds. The lowest BCUT2D eigenvalue weighted by Gasteiger charge is -2.39. The third-order valence-electron chi connectivity index (χ3n) is 5.45. The number of pyridine rings is 1. The van der Waals surface area contributed by atoms with Crippen LogP contribution in [-0.2, 0) is 17.8 Å². The van der Waals surface area contributed by atoms with Gasteiger partial charge < -0.3 is 10.0 Å². The number of hydrogen-bond donors (Lipinski definition) is 1. The predicted molar refractivity (Wildman–Crippen MR) is 101 cm³/mol. The van der Waals surface area contributed by atoms with E-state index in [0.29, 0.717) is 19.5 Å². The summed E-state index contributed by atoms with van der Waals surface area (Å²) in [6.45, 7) is 3.00. The molecule has 0 bridgehead atoms. The van der Waals surface area contributed by atoms with Crippen molar-refractivity contribution in [2.45, 2.75) is 37.8 Å². The van der Waals surface area contributed by atoms with E-state index in [9.17, 15) is 9.90 Å². The lowest BCUT2D eigenvalue weighted by molar-refractivity contribution is -0.126. The number of fused-ring (bicyclic) bond motifs is 1. The van der Waals surface area contributed by atoms with Crippen LogP contribution < -0.4 is 4.90 Å². The zero-order chi connectivity index (χ0) is 18.0. The number of carbonyl (C=O) groups is 1. The number of nitrogens with zero attached hydrogens (tertiary/aromatic N) is 3. The van der Waals surface area contributed by atoms with Gasteiger partial charge in [-0.05, 0) is 43.0 Å². The molecule has 5 nitrogen and oxygen atoms in total. The van der Waals surface area contributed by atoms with E-state index in [4.69, 9.17) is 0 Å². The summed E-state index contributed by atoms with van der Waals surface area (Å²) in [4.78, 5) is 21.1. The summed E-state index contributed by atoms with van der Waals surface area (Å²) in [6, 6.07) is 12.3. The van der Waals surface area contributed by atoms with Crippen molar-refractivity contribution >= 4 is 11.6 Å². The average molecular weight is 351 g/mol. The second-order valence-corrected chi connectivity index (χ2v) is 7.50. The number of rotatable bonds is 4. The average Bonchev–Trinajstić information content (AvgIpc) is 3.06. The summed E-state index contributed by atoms with van der Waals surface area (Å²) in [5, 5.41) is 11.1. The summed E-state index contributed by atoms with van der Waals surface area (Å²) in [7, 11) is 0. The molecule has 1 unspecified atom stereocenters. The molecular weight excluding hydrogens is 326 g/mol. The number of piperidine rings is 1. The van der Waals surface area contributed by atoms with Crippen molar-refractivity contribution in [3.8, 4) is 0 Å². The summed E-state index contributed by atoms with van der Waals surface area (Å²) in [5.74, 6) is 0.000751. The first kappa shape index (κ1) is 17.2. The molecule has 0 radical (unpaired) electrons. The normalized spacial score (nSPS) is 23.0. The maximum atomic E-state index is 12.9. The first-order valence-corrected chi connectivity index (χ1v) is 9.35. The van der Waals surface area contributed by atoms with E-state index in [0.717, 1.165) is 37.2 Å². The van der Waals surface area contributed by atoms with Crippen LogP contribution in [0.2, 0.25) is 0 Å². The Kier molecular flexibility index (Phi) is 4.74. The summed E-state index contributed by atoms with van der Waals surface area (Å²) >= 11 is 0. The van der Waals surface area contributed by atoms with Crippen LogP contribution >= 0.6 is 0 Å². The Morgan fingerprint density at radius 1 is 1.19 bits per heavy atom. The standard InChI is InChI=1S/C21H25N3O2/c25-20(24-12-8-18-7-10-22-14-19(18)24)13-21(26)9-4-11-23(16-21)15-17-5-2-1-3-6-17/h1-3,5-7,10,14,26H,4,8-9,11-13,15-16H2. The highest BCUT2D eigenvalue weighted by Crippen LogP contribution is 2.31. The van der Waals surface area contributed by atoms with Gasteiger partial charge in [0.05, 0.1) is 23.9 Å². The number of aliphatic hydroxyl groups is 1. The third-order valence-corrected chi connectivity index (χ3v) is 5.45. The number of benzene rings is 1. The van der Waals surface area contributed by atoms with E-state index in [1.165, 1.54) is 5.56 Å². The maximum absolute atomic E-state index is 12.9. The van der Waals surface area contributed by atoms with E-state index in [2.05, 4.69) is 22.0 Å². The minimum Gasteiger partial charge on any atom is -0.388 e. The lowest BCUT2D eigenvalue weighted by atomic mass is 9.88. The Morgan fingerprint density at radius 3 is 2.88 bits per heavy atom. The first-order valence-electron chi connectivity index (χ1n) is 9.35. The zero-order valence-corrected chi connectivity index (χ0v) is 15.0. The fourth-order valence-electron chi connectivity index (χ4n) is 4.18. The summed E-state index contributed by atoms with van der Waals surface area (Å²) in [6.07, 6.45) is 6.15. The number of β-amino-alcohol motifs (C(OH)–C–C–N with tert-alkyl or cyclic N) is 1. The molecule has 2 aliphatic heterocycles. The number of amides is 1. The largest absolute Gasteiger partial charge is 0.388 e. The highest BCUT2D eigenvalue weighted by molar-refractivity contribution is 5.95. The van der Waals surface area contributed by atoms with Crippen LogP contribution in [0.5, 0.6) is 0 Å². The van der Waals surface area contributed by atoms with Gasteiger partial charge in [0, 0.05) is 25.8 Å². The third kappa shape index (κ3) is 3.64. The van der Waals surface area contributed by atoms with Crippen molar-refractivity contribution in [1.29, 1.82) is 0 Å². The fourth-order valence-corrected chi connectivity index (χ4v) is 4.18. The second-order valence-electron chi connectivity index (χ2n) is 7.50. The van der Waals surface area contributed by atoms with Crippen molar-refractivity contribution in [1.82, 2.24) is 9.88 Å². The number of aromatic nitrogens is 1. The van der Waals surface area contributed by atoms with Gasteiger partial charge in [-0.15, -0.1) is 0 Å².